The van der Waals surface area contributed by atoms with Crippen LogP contribution in [0.25, 0.3) is 0 Å². The lowest BCUT2D eigenvalue weighted by Gasteiger charge is -2.18. The Labute approximate surface area is 125 Å². The van der Waals surface area contributed by atoms with E-state index in [2.05, 4.69) is 15.5 Å². The molecular formula is C15H22N4S. The fourth-order valence-corrected chi connectivity index (χ4v) is 3.27. The highest BCUT2D eigenvalue weighted by Gasteiger charge is 2.41. The van der Waals surface area contributed by atoms with Gasteiger partial charge in [-0.15, -0.1) is 5.10 Å². The summed E-state index contributed by atoms with van der Waals surface area (Å²) in [6, 6.07) is 0. The summed E-state index contributed by atoms with van der Waals surface area (Å²) in [5, 5.41) is 11.9. The first kappa shape index (κ1) is 13.7. The molecule has 0 radical (unpaired) electrons. The predicted octanol–water partition coefficient (Wildman–Crippen LogP) is 2.58. The van der Waals surface area contributed by atoms with Gasteiger partial charge in [-0.3, -0.25) is 0 Å². The van der Waals surface area contributed by atoms with Crippen LogP contribution >= 0.6 is 12.2 Å². The van der Waals surface area contributed by atoms with Gasteiger partial charge in [-0.25, -0.2) is 0 Å². The average molecular weight is 290 g/mol. The first-order chi connectivity index (χ1) is 9.58. The molecule has 3 N–H and O–H groups in total. The number of nitrogens with zero attached hydrogens (tertiary/aromatic N) is 2. The quantitative estimate of drug-likeness (QED) is 0.788. The summed E-state index contributed by atoms with van der Waals surface area (Å²) in [4.78, 5) is 0.400. The normalized spacial score (nSPS) is 18.4. The molecule has 2 aliphatic rings. The van der Waals surface area contributed by atoms with Crippen molar-refractivity contribution >= 4 is 23.0 Å². The molecule has 0 amide bonds. The van der Waals surface area contributed by atoms with E-state index in [0.717, 1.165) is 46.9 Å². The molecule has 3 rings (SSSR count). The van der Waals surface area contributed by atoms with Gasteiger partial charge in [-0.2, -0.15) is 5.10 Å². The summed E-state index contributed by atoms with van der Waals surface area (Å²) >= 11 is 5.17. The Hall–Kier alpha value is -1.23. The van der Waals surface area contributed by atoms with Crippen LogP contribution in [0, 0.1) is 31.6 Å². The highest BCUT2D eigenvalue weighted by Crippen LogP contribution is 2.49. The summed E-state index contributed by atoms with van der Waals surface area (Å²) in [7, 11) is 0. The number of aryl methyl sites for hydroxylation is 1. The van der Waals surface area contributed by atoms with E-state index in [1.165, 1.54) is 25.7 Å². The van der Waals surface area contributed by atoms with Crippen LogP contribution in [0.3, 0.4) is 0 Å². The highest BCUT2D eigenvalue weighted by atomic mass is 32.1. The van der Waals surface area contributed by atoms with Crippen molar-refractivity contribution in [2.75, 3.05) is 11.9 Å². The molecule has 4 nitrogen and oxygen atoms in total. The van der Waals surface area contributed by atoms with Crippen molar-refractivity contribution in [1.82, 2.24) is 10.2 Å². The molecule has 0 aliphatic heterocycles. The van der Waals surface area contributed by atoms with Crippen molar-refractivity contribution in [2.45, 2.75) is 39.5 Å². The molecule has 2 aliphatic carbocycles. The van der Waals surface area contributed by atoms with Crippen LogP contribution < -0.4 is 11.1 Å². The minimum absolute atomic E-state index is 0.400. The summed E-state index contributed by atoms with van der Waals surface area (Å²) in [5.41, 5.74) is 8.64. The molecule has 0 atom stereocenters. The zero-order valence-corrected chi connectivity index (χ0v) is 13.0. The summed E-state index contributed by atoms with van der Waals surface area (Å²) in [5.74, 6) is 3.38. The van der Waals surface area contributed by atoms with Crippen LogP contribution in [0.15, 0.2) is 0 Å². The Kier molecular flexibility index (Phi) is 3.63. The molecule has 0 spiro atoms. The molecule has 1 aromatic heterocycles. The smallest absolute Gasteiger partial charge is 0.159 e. The van der Waals surface area contributed by atoms with Gasteiger partial charge in [0, 0.05) is 6.54 Å². The maximum absolute atomic E-state index is 5.86. The number of nitrogens with two attached hydrogens (primary N) is 1. The lowest BCUT2D eigenvalue weighted by Crippen LogP contribution is -2.23. The van der Waals surface area contributed by atoms with Crippen LogP contribution in [0.4, 0.5) is 5.82 Å². The Morgan fingerprint density at radius 2 is 1.85 bits per heavy atom. The first-order valence-electron chi connectivity index (χ1n) is 7.45. The van der Waals surface area contributed by atoms with Crippen LogP contribution in [-0.4, -0.2) is 21.7 Å². The van der Waals surface area contributed by atoms with E-state index in [1.807, 2.05) is 13.8 Å². The molecule has 2 fully saturated rings. The van der Waals surface area contributed by atoms with E-state index >= 15 is 0 Å². The number of hydrogen-bond donors (Lipinski definition) is 2. The van der Waals surface area contributed by atoms with Crippen molar-refractivity contribution in [1.29, 1.82) is 0 Å². The van der Waals surface area contributed by atoms with Crippen molar-refractivity contribution in [3.63, 3.8) is 0 Å². The Balaban J connectivity index is 1.76. The van der Waals surface area contributed by atoms with Crippen LogP contribution in [-0.2, 0) is 0 Å². The van der Waals surface area contributed by atoms with Crippen LogP contribution in [0.5, 0.6) is 0 Å². The summed E-state index contributed by atoms with van der Waals surface area (Å²) in [6.07, 6.45) is 5.57. The zero-order valence-electron chi connectivity index (χ0n) is 12.1. The van der Waals surface area contributed by atoms with Gasteiger partial charge in [0.1, 0.15) is 4.99 Å². The van der Waals surface area contributed by atoms with Gasteiger partial charge < -0.3 is 11.1 Å². The van der Waals surface area contributed by atoms with Crippen molar-refractivity contribution in [2.24, 2.45) is 23.5 Å². The second-order valence-electron chi connectivity index (χ2n) is 6.22. The molecule has 108 valence electrons. The summed E-state index contributed by atoms with van der Waals surface area (Å²) in [6.45, 7) is 4.91. The van der Waals surface area contributed by atoms with Gasteiger partial charge in [-0.1, -0.05) is 12.2 Å². The summed E-state index contributed by atoms with van der Waals surface area (Å²) < 4.78 is 0. The average Bonchev–Trinajstić information content (AvgIpc) is 3.26. The first-order valence-corrected chi connectivity index (χ1v) is 7.86. The molecule has 2 saturated carbocycles. The molecule has 0 bridgehead atoms. The standard InChI is InChI=1S/C15H22N4S/c1-8-9(2)18-19-15(13(8)14(16)20)17-7-12(10-3-4-10)11-5-6-11/h10-12H,3-7H2,1-2H3,(H2,16,20)(H,17,19). The van der Waals surface area contributed by atoms with E-state index in [0.29, 0.717) is 4.99 Å². The van der Waals surface area contributed by atoms with Crippen molar-refractivity contribution in [3.05, 3.63) is 16.8 Å². The highest BCUT2D eigenvalue weighted by molar-refractivity contribution is 7.80. The van der Waals surface area contributed by atoms with Crippen LogP contribution in [0.2, 0.25) is 0 Å². The van der Waals surface area contributed by atoms with E-state index in [4.69, 9.17) is 18.0 Å². The van der Waals surface area contributed by atoms with Gasteiger partial charge in [0.2, 0.25) is 0 Å². The fraction of sp³-hybridized carbons (Fsp3) is 0.667. The topological polar surface area (TPSA) is 63.8 Å². The third-order valence-corrected chi connectivity index (χ3v) is 4.87. The SMILES string of the molecule is Cc1nnc(NCC(C2CC2)C2CC2)c(C(N)=S)c1C. The number of aromatic nitrogens is 2. The van der Waals surface area contributed by atoms with Crippen molar-refractivity contribution < 1.29 is 0 Å². The van der Waals surface area contributed by atoms with Gasteiger partial charge in [0.05, 0.1) is 11.3 Å². The molecule has 1 aromatic rings. The third-order valence-electron chi connectivity index (χ3n) is 4.66. The van der Waals surface area contributed by atoms with E-state index < -0.39 is 0 Å². The Morgan fingerprint density at radius 3 is 2.35 bits per heavy atom. The minimum Gasteiger partial charge on any atom is -0.389 e. The van der Waals surface area contributed by atoms with Gasteiger partial charge in [-0.05, 0) is 62.8 Å². The Morgan fingerprint density at radius 1 is 1.25 bits per heavy atom. The monoisotopic (exact) mass is 290 g/mol. The Bertz CT molecular complexity index is 523. The second kappa shape index (κ2) is 5.28. The van der Waals surface area contributed by atoms with Crippen molar-refractivity contribution in [3.8, 4) is 0 Å². The number of thiocarbonyl (C=S) groups is 1. The molecule has 5 heteroatoms. The van der Waals surface area contributed by atoms with Crippen LogP contribution in [0.1, 0.15) is 42.5 Å². The second-order valence-corrected chi connectivity index (χ2v) is 6.66. The lowest BCUT2D eigenvalue weighted by atomic mass is 9.98. The molecule has 0 aromatic carbocycles. The lowest BCUT2D eigenvalue weighted by molar-refractivity contribution is 0.427. The number of rotatable bonds is 6. The molecule has 20 heavy (non-hydrogen) atoms. The molecule has 0 saturated heterocycles. The minimum atomic E-state index is 0.400. The van der Waals surface area contributed by atoms with Gasteiger partial charge >= 0.3 is 0 Å². The number of hydrogen-bond acceptors (Lipinski definition) is 4. The maximum atomic E-state index is 5.86. The van der Waals surface area contributed by atoms with E-state index in [-0.39, 0.29) is 0 Å². The zero-order chi connectivity index (χ0) is 14.3. The molecule has 1 heterocycles. The largest absolute Gasteiger partial charge is 0.389 e. The van der Waals surface area contributed by atoms with Gasteiger partial charge in [0.15, 0.2) is 5.82 Å². The molecular weight excluding hydrogens is 268 g/mol. The number of nitrogens with one attached hydrogen (secondary N) is 1. The molecule has 0 unspecified atom stereocenters. The van der Waals surface area contributed by atoms with E-state index in [1.54, 1.807) is 0 Å². The fourth-order valence-electron chi connectivity index (χ4n) is 3.02. The predicted molar refractivity (Wildman–Crippen MR) is 84.8 cm³/mol. The van der Waals surface area contributed by atoms with E-state index in [9.17, 15) is 0 Å². The maximum Gasteiger partial charge on any atom is 0.159 e. The van der Waals surface area contributed by atoms with Gasteiger partial charge in [0.25, 0.3) is 0 Å². The number of anilines is 1. The third kappa shape index (κ3) is 2.77.